The molecule has 4 nitrogen and oxygen atoms in total. The quantitative estimate of drug-likeness (QED) is 0.234. The lowest BCUT2D eigenvalue weighted by atomic mass is 10.1. The molecule has 9 heteroatoms. The number of halogens is 3. The van der Waals surface area contributed by atoms with Crippen molar-refractivity contribution in [2.45, 2.75) is 12.8 Å². The second-order valence-corrected chi connectivity index (χ2v) is 12.4. The summed E-state index contributed by atoms with van der Waals surface area (Å²) in [6.07, 6.45) is 0.876. The molecule has 2 aromatic heterocycles. The maximum Gasteiger partial charge on any atom is 0.243 e. The number of benzene rings is 1. The van der Waals surface area contributed by atoms with Gasteiger partial charge in [-0.3, -0.25) is 0 Å². The largest absolute Gasteiger partial charge is 0.776 e. The van der Waals surface area contributed by atoms with Crippen molar-refractivity contribution in [1.82, 2.24) is 4.57 Å². The summed E-state index contributed by atoms with van der Waals surface area (Å²) in [4.78, 5) is 10.6. The van der Waals surface area contributed by atoms with Crippen molar-refractivity contribution >= 4 is 61.5 Å². The first kappa shape index (κ1) is 20.4. The van der Waals surface area contributed by atoms with Gasteiger partial charge >= 0.3 is 0 Å². The smallest absolute Gasteiger partial charge is 0.243 e. The van der Waals surface area contributed by atoms with Gasteiger partial charge in [0.05, 0.1) is 5.69 Å². The minimum Gasteiger partial charge on any atom is -0.776 e. The van der Waals surface area contributed by atoms with E-state index < -0.39 is 6.07 Å². The van der Waals surface area contributed by atoms with Gasteiger partial charge in [0.15, 0.2) is 6.07 Å². The number of nitrogens with zero attached hydrogens (tertiary/aromatic N) is 2. The van der Waals surface area contributed by atoms with Crippen molar-refractivity contribution in [3.63, 3.8) is 0 Å². The molecule has 0 unspecified atom stereocenters. The van der Waals surface area contributed by atoms with Crippen LogP contribution in [0, 0.1) is 0 Å². The maximum absolute atomic E-state index is 9.19. The minimum atomic E-state index is -3.94. The summed E-state index contributed by atoms with van der Waals surface area (Å²) in [7, 11) is 0. The van der Waals surface area contributed by atoms with E-state index in [2.05, 4.69) is 95.5 Å². The highest BCUT2D eigenvalue weighted by molar-refractivity contribution is 9.10. The summed E-state index contributed by atoms with van der Waals surface area (Å²) in [5.74, 6) is 0. The van der Waals surface area contributed by atoms with Crippen molar-refractivity contribution in [2.24, 2.45) is 0 Å². The zero-order chi connectivity index (χ0) is 19.9. The third kappa shape index (κ3) is 4.18. The lowest BCUT2D eigenvalue weighted by molar-refractivity contribution is -0.504. The monoisotopic (exact) mass is 516 g/mol. The van der Waals surface area contributed by atoms with Crippen molar-refractivity contribution in [3.8, 4) is 16.8 Å². The Morgan fingerprint density at radius 1 is 1.14 bits per heavy atom. The molecule has 1 aromatic carbocycles. The molecular formula is C19H16BrCl2N2O2PS. The van der Waals surface area contributed by atoms with Crippen LogP contribution in [0.25, 0.3) is 16.8 Å². The fourth-order valence-corrected chi connectivity index (χ4v) is 5.14. The molecular weight excluding hydrogens is 502 g/mol. The standard InChI is InChI=1S/C19H16BrN2S.Cl2HO2P/c20-14-7-5-13(6-8-14)15-12-23-19-17(15)22-11-3-4-16(22)18(19)21-9-1-2-10-21;1-5(2,3)4/h3-8,11-12H,1-2,9-10H2;(H,3,4)/q+1;/p-1. The molecule has 0 saturated carbocycles. The second kappa shape index (κ2) is 8.10. The van der Waals surface area contributed by atoms with Gasteiger partial charge in [-0.2, -0.15) is 0 Å². The molecule has 2 aliphatic rings. The molecule has 0 bridgehead atoms. The van der Waals surface area contributed by atoms with Crippen molar-refractivity contribution in [2.75, 3.05) is 13.1 Å². The molecule has 0 spiro atoms. The third-order valence-corrected chi connectivity index (χ3v) is 6.29. The van der Waals surface area contributed by atoms with Gasteiger partial charge in [0.2, 0.25) is 5.71 Å². The van der Waals surface area contributed by atoms with Gasteiger partial charge in [0.25, 0.3) is 0 Å². The Labute approximate surface area is 185 Å². The first-order chi connectivity index (χ1) is 13.3. The summed E-state index contributed by atoms with van der Waals surface area (Å²) in [6, 6.07) is 13.1. The van der Waals surface area contributed by atoms with Crippen LogP contribution >= 0.6 is 55.8 Å². The zero-order valence-corrected chi connectivity index (χ0v) is 19.5. The van der Waals surface area contributed by atoms with Crippen LogP contribution in [-0.4, -0.2) is 27.9 Å². The van der Waals surface area contributed by atoms with E-state index in [9.17, 15) is 9.46 Å². The van der Waals surface area contributed by atoms with E-state index in [0.29, 0.717) is 0 Å². The molecule has 0 amide bonds. The van der Waals surface area contributed by atoms with Gasteiger partial charge in [0, 0.05) is 34.5 Å². The molecule has 1 saturated heterocycles. The Balaban J connectivity index is 0.000000346. The molecule has 5 rings (SSSR count). The SMILES string of the molecule is Brc1ccc(-c2csc3c2-n2cccc2C3=[N+]2CCCC2)cc1.O=P([O-])(Cl)Cl. The number of fused-ring (bicyclic) bond motifs is 3. The lowest BCUT2D eigenvalue weighted by Gasteiger charge is -2.04. The lowest BCUT2D eigenvalue weighted by Crippen LogP contribution is -2.18. The summed E-state index contributed by atoms with van der Waals surface area (Å²) < 4.78 is 15.3. The van der Waals surface area contributed by atoms with Gasteiger partial charge < -0.3 is 14.0 Å². The molecule has 146 valence electrons. The van der Waals surface area contributed by atoms with E-state index in [1.165, 1.54) is 59.0 Å². The van der Waals surface area contributed by atoms with Crippen LogP contribution in [0.3, 0.4) is 0 Å². The second-order valence-electron chi connectivity index (χ2n) is 6.55. The van der Waals surface area contributed by atoms with Crippen LogP contribution in [0.15, 0.2) is 52.4 Å². The fraction of sp³-hybridized carbons (Fsp3) is 0.211. The Morgan fingerprint density at radius 3 is 2.43 bits per heavy atom. The van der Waals surface area contributed by atoms with Gasteiger partial charge in [-0.1, -0.05) is 50.5 Å². The van der Waals surface area contributed by atoms with Crippen molar-refractivity contribution in [1.29, 1.82) is 0 Å². The molecule has 0 aliphatic carbocycles. The van der Waals surface area contributed by atoms with E-state index in [1.54, 1.807) is 0 Å². The number of hydrogen-bond donors (Lipinski definition) is 0. The van der Waals surface area contributed by atoms with E-state index in [1.807, 2.05) is 11.3 Å². The Morgan fingerprint density at radius 2 is 1.79 bits per heavy atom. The fourth-order valence-electron chi connectivity index (χ4n) is 3.72. The number of rotatable bonds is 1. The van der Waals surface area contributed by atoms with Crippen LogP contribution in [0.2, 0.25) is 0 Å². The molecule has 0 N–H and O–H groups in total. The summed E-state index contributed by atoms with van der Waals surface area (Å²) >= 11 is 14.0. The van der Waals surface area contributed by atoms with Crippen molar-refractivity contribution in [3.05, 3.63) is 63.0 Å². The molecule has 28 heavy (non-hydrogen) atoms. The summed E-state index contributed by atoms with van der Waals surface area (Å²) in [5, 5.41) is 2.31. The predicted octanol–water partition coefficient (Wildman–Crippen LogP) is 5.86. The summed E-state index contributed by atoms with van der Waals surface area (Å²) in [6.45, 7) is 2.37. The first-order valence-electron chi connectivity index (χ1n) is 8.71. The zero-order valence-electron chi connectivity index (χ0n) is 14.6. The van der Waals surface area contributed by atoms with Gasteiger partial charge in [-0.25, -0.2) is 4.58 Å². The van der Waals surface area contributed by atoms with E-state index in [-0.39, 0.29) is 0 Å². The minimum absolute atomic E-state index is 1.12. The predicted molar refractivity (Wildman–Crippen MR) is 119 cm³/mol. The van der Waals surface area contributed by atoms with Crippen LogP contribution in [-0.2, 0) is 4.57 Å². The molecule has 4 heterocycles. The third-order valence-electron chi connectivity index (χ3n) is 4.79. The average Bonchev–Trinajstić information content (AvgIpc) is 3.37. The van der Waals surface area contributed by atoms with Crippen LogP contribution in [0.1, 0.15) is 23.4 Å². The van der Waals surface area contributed by atoms with Crippen LogP contribution in [0.4, 0.5) is 0 Å². The van der Waals surface area contributed by atoms with Crippen LogP contribution < -0.4 is 4.89 Å². The Kier molecular flexibility index (Phi) is 5.90. The van der Waals surface area contributed by atoms with Crippen molar-refractivity contribution < 1.29 is 14.0 Å². The molecule has 0 atom stereocenters. The molecule has 3 aromatic rings. The van der Waals surface area contributed by atoms with E-state index in [4.69, 9.17) is 0 Å². The van der Waals surface area contributed by atoms with Gasteiger partial charge in [-0.05, 0) is 29.8 Å². The number of aromatic nitrogens is 1. The van der Waals surface area contributed by atoms with Gasteiger partial charge in [-0.15, -0.1) is 11.3 Å². The maximum atomic E-state index is 9.19. The molecule has 0 radical (unpaired) electrons. The summed E-state index contributed by atoms with van der Waals surface area (Å²) in [5.41, 5.74) is 6.78. The highest BCUT2D eigenvalue weighted by Crippen LogP contribution is 2.46. The normalized spacial score (nSPS) is 15.3. The van der Waals surface area contributed by atoms with E-state index >= 15 is 0 Å². The first-order valence-corrected chi connectivity index (χ1v) is 13.8. The average molecular weight is 518 g/mol. The highest BCUT2D eigenvalue weighted by Gasteiger charge is 2.36. The molecule has 1 fully saturated rings. The highest BCUT2D eigenvalue weighted by atomic mass is 79.9. The van der Waals surface area contributed by atoms with Gasteiger partial charge in [0.1, 0.15) is 23.7 Å². The number of thiophene rings is 1. The van der Waals surface area contributed by atoms with E-state index in [0.717, 1.165) is 4.47 Å². The topological polar surface area (TPSA) is 48.1 Å². The number of hydrogen-bond acceptors (Lipinski definition) is 3. The van der Waals surface area contributed by atoms with Crippen LogP contribution in [0.5, 0.6) is 0 Å². The Hall–Kier alpha value is -0.880. The Bertz CT molecular complexity index is 1090. The molecule has 2 aliphatic heterocycles.